The highest BCUT2D eigenvalue weighted by Crippen LogP contribution is 2.28. The highest BCUT2D eigenvalue weighted by atomic mass is 35.5. The fraction of sp³-hybridized carbons (Fsp3) is 0.348. The van der Waals surface area contributed by atoms with E-state index >= 15 is 0 Å². The number of rotatable bonds is 5. The van der Waals surface area contributed by atoms with Gasteiger partial charge in [-0.15, -0.1) is 16.9 Å². The third kappa shape index (κ3) is 4.94. The van der Waals surface area contributed by atoms with Crippen LogP contribution in [0.15, 0.2) is 53.7 Å². The van der Waals surface area contributed by atoms with E-state index in [4.69, 9.17) is 16.3 Å². The van der Waals surface area contributed by atoms with Crippen LogP contribution in [-0.4, -0.2) is 73.5 Å². The Morgan fingerprint density at radius 3 is 2.47 bits per heavy atom. The normalized spacial score (nSPS) is 18.0. The van der Waals surface area contributed by atoms with Crippen molar-refractivity contribution in [1.82, 2.24) is 29.8 Å². The van der Waals surface area contributed by atoms with Crippen molar-refractivity contribution >= 4 is 35.2 Å². The molecule has 4 heterocycles. The molecule has 0 N–H and O–H groups in total. The maximum absolute atomic E-state index is 13.1. The standard InChI is InChI=1S/C23H23ClN6O3S/c24-17-3-1-16(2-4-17)20-13-30-19(14-33-20)22(26-27-30)23(32)29-11-9-28(10-12-29)21(31)15-34-18-5-7-25-8-6-18/h1-8,20H,9-15H2/t20-/m0/s1. The quantitative estimate of drug-likeness (QED) is 0.499. The number of pyridine rings is 1. The van der Waals surface area contributed by atoms with Crippen molar-refractivity contribution < 1.29 is 14.3 Å². The van der Waals surface area contributed by atoms with Crippen LogP contribution in [-0.2, 0) is 22.7 Å². The van der Waals surface area contributed by atoms with Crippen LogP contribution in [0.4, 0.5) is 0 Å². The van der Waals surface area contributed by atoms with Gasteiger partial charge in [0.25, 0.3) is 5.91 Å². The summed E-state index contributed by atoms with van der Waals surface area (Å²) >= 11 is 7.46. The molecule has 1 atom stereocenters. The van der Waals surface area contributed by atoms with Gasteiger partial charge in [-0.2, -0.15) is 0 Å². The van der Waals surface area contributed by atoms with Gasteiger partial charge in [-0.25, -0.2) is 4.68 Å². The Balaban J connectivity index is 1.16. The highest BCUT2D eigenvalue weighted by Gasteiger charge is 2.32. The molecule has 2 aromatic heterocycles. The molecule has 1 saturated heterocycles. The lowest BCUT2D eigenvalue weighted by Crippen LogP contribution is -2.51. The number of fused-ring (bicyclic) bond motifs is 1. The lowest BCUT2D eigenvalue weighted by molar-refractivity contribution is -0.129. The minimum atomic E-state index is -0.173. The Labute approximate surface area is 206 Å². The van der Waals surface area contributed by atoms with Crippen molar-refractivity contribution in [2.75, 3.05) is 31.9 Å². The van der Waals surface area contributed by atoms with Gasteiger partial charge in [0.15, 0.2) is 5.69 Å². The van der Waals surface area contributed by atoms with Crippen LogP contribution in [0.5, 0.6) is 0 Å². The maximum Gasteiger partial charge on any atom is 0.276 e. The fourth-order valence-corrected chi connectivity index (χ4v) is 4.95. The van der Waals surface area contributed by atoms with E-state index in [1.165, 1.54) is 11.8 Å². The highest BCUT2D eigenvalue weighted by molar-refractivity contribution is 8.00. The smallest absolute Gasteiger partial charge is 0.276 e. The number of amides is 2. The Kier molecular flexibility index (Phi) is 6.80. The zero-order valence-corrected chi connectivity index (χ0v) is 19.9. The summed E-state index contributed by atoms with van der Waals surface area (Å²) in [5, 5.41) is 9.04. The molecule has 2 aliphatic heterocycles. The van der Waals surface area contributed by atoms with E-state index in [1.807, 2.05) is 36.4 Å². The van der Waals surface area contributed by atoms with Crippen LogP contribution in [0.3, 0.4) is 0 Å². The van der Waals surface area contributed by atoms with Crippen molar-refractivity contribution in [3.05, 3.63) is 70.8 Å². The van der Waals surface area contributed by atoms with Gasteiger partial charge >= 0.3 is 0 Å². The monoisotopic (exact) mass is 498 g/mol. The number of hydrogen-bond acceptors (Lipinski definition) is 7. The van der Waals surface area contributed by atoms with E-state index < -0.39 is 0 Å². The Bertz CT molecular complexity index is 1170. The van der Waals surface area contributed by atoms with E-state index in [0.29, 0.717) is 54.9 Å². The summed E-state index contributed by atoms with van der Waals surface area (Å²) in [7, 11) is 0. The molecule has 0 aliphatic carbocycles. The third-order valence-corrected chi connectivity index (χ3v) is 7.22. The second-order valence-electron chi connectivity index (χ2n) is 8.06. The molecule has 11 heteroatoms. The maximum atomic E-state index is 13.1. The third-order valence-electron chi connectivity index (χ3n) is 5.97. The number of halogens is 1. The number of carbonyl (C=O) groups is 2. The molecule has 2 aliphatic rings. The van der Waals surface area contributed by atoms with Crippen LogP contribution >= 0.6 is 23.4 Å². The van der Waals surface area contributed by atoms with E-state index in [0.717, 1.165) is 10.5 Å². The van der Waals surface area contributed by atoms with Crippen LogP contribution in [0, 0.1) is 0 Å². The summed E-state index contributed by atoms with van der Waals surface area (Å²) in [5.74, 6) is 0.257. The summed E-state index contributed by atoms with van der Waals surface area (Å²) in [4.78, 5) is 34.2. The average Bonchev–Trinajstić information content (AvgIpc) is 3.31. The first-order chi connectivity index (χ1) is 16.6. The number of hydrogen-bond donors (Lipinski definition) is 0. The second kappa shape index (κ2) is 10.1. The number of benzene rings is 1. The molecule has 1 fully saturated rings. The Hall–Kier alpha value is -2.95. The van der Waals surface area contributed by atoms with Crippen LogP contribution in [0.1, 0.15) is 27.8 Å². The van der Waals surface area contributed by atoms with Crippen LogP contribution in [0.2, 0.25) is 5.02 Å². The molecule has 9 nitrogen and oxygen atoms in total. The number of carbonyl (C=O) groups excluding carboxylic acids is 2. The van der Waals surface area contributed by atoms with Gasteiger partial charge in [0.05, 0.1) is 24.6 Å². The lowest BCUT2D eigenvalue weighted by Gasteiger charge is -2.34. The predicted molar refractivity (Wildman–Crippen MR) is 126 cm³/mol. The molecule has 0 spiro atoms. The lowest BCUT2D eigenvalue weighted by atomic mass is 10.1. The molecule has 0 saturated carbocycles. The Morgan fingerprint density at radius 1 is 1.03 bits per heavy atom. The van der Waals surface area contributed by atoms with Gasteiger partial charge in [-0.3, -0.25) is 14.6 Å². The molecule has 176 valence electrons. The molecule has 1 aromatic carbocycles. The predicted octanol–water partition coefficient (Wildman–Crippen LogP) is 2.67. The topological polar surface area (TPSA) is 93.5 Å². The largest absolute Gasteiger partial charge is 0.365 e. The molecule has 2 amide bonds. The van der Waals surface area contributed by atoms with E-state index in [1.54, 1.807) is 26.9 Å². The molecule has 0 radical (unpaired) electrons. The number of thioether (sulfide) groups is 1. The molecule has 5 rings (SSSR count). The number of nitrogens with zero attached hydrogens (tertiary/aromatic N) is 6. The minimum Gasteiger partial charge on any atom is -0.365 e. The SMILES string of the molecule is O=C(CSc1ccncc1)N1CCN(C(=O)c2nnn3c2CO[C@H](c2ccc(Cl)cc2)C3)CC1. The summed E-state index contributed by atoms with van der Waals surface area (Å²) in [6.45, 7) is 2.66. The van der Waals surface area contributed by atoms with Crippen molar-refractivity contribution in [2.24, 2.45) is 0 Å². The zero-order valence-electron chi connectivity index (χ0n) is 18.3. The molecule has 34 heavy (non-hydrogen) atoms. The summed E-state index contributed by atoms with van der Waals surface area (Å²) in [5.41, 5.74) is 2.01. The molecule has 0 bridgehead atoms. The average molecular weight is 499 g/mol. The van der Waals surface area contributed by atoms with Crippen LogP contribution < -0.4 is 0 Å². The van der Waals surface area contributed by atoms with Gasteiger partial charge in [-0.1, -0.05) is 28.9 Å². The second-order valence-corrected chi connectivity index (χ2v) is 9.55. The van der Waals surface area contributed by atoms with E-state index in [9.17, 15) is 9.59 Å². The number of ether oxygens (including phenoxy) is 1. The van der Waals surface area contributed by atoms with Gasteiger partial charge in [-0.05, 0) is 29.8 Å². The summed E-state index contributed by atoms with van der Waals surface area (Å²) < 4.78 is 7.75. The van der Waals surface area contributed by atoms with Crippen molar-refractivity contribution in [3.8, 4) is 0 Å². The molecule has 0 unspecified atom stereocenters. The first-order valence-electron chi connectivity index (χ1n) is 11.0. The van der Waals surface area contributed by atoms with Crippen LogP contribution in [0.25, 0.3) is 0 Å². The van der Waals surface area contributed by atoms with Gasteiger partial charge in [0, 0.05) is 48.5 Å². The number of piperazine rings is 1. The number of aromatic nitrogens is 4. The minimum absolute atomic E-state index is 0.0663. The molecular weight excluding hydrogens is 476 g/mol. The summed E-state index contributed by atoms with van der Waals surface area (Å²) in [6.07, 6.45) is 3.25. The van der Waals surface area contributed by atoms with Crippen molar-refractivity contribution in [2.45, 2.75) is 24.2 Å². The van der Waals surface area contributed by atoms with Crippen molar-refractivity contribution in [3.63, 3.8) is 0 Å². The molecule has 3 aromatic rings. The van der Waals surface area contributed by atoms with E-state index in [2.05, 4.69) is 15.3 Å². The van der Waals surface area contributed by atoms with E-state index in [-0.39, 0.29) is 24.5 Å². The Morgan fingerprint density at radius 2 is 1.74 bits per heavy atom. The fourth-order valence-electron chi connectivity index (χ4n) is 4.04. The first-order valence-corrected chi connectivity index (χ1v) is 12.3. The zero-order chi connectivity index (χ0) is 23.5. The van der Waals surface area contributed by atoms with Gasteiger partial charge in [0.1, 0.15) is 6.10 Å². The summed E-state index contributed by atoms with van der Waals surface area (Å²) in [6, 6.07) is 11.3. The van der Waals surface area contributed by atoms with Crippen molar-refractivity contribution in [1.29, 1.82) is 0 Å². The van der Waals surface area contributed by atoms with Gasteiger partial charge in [0.2, 0.25) is 5.91 Å². The molecular formula is C23H23ClN6O3S. The van der Waals surface area contributed by atoms with Gasteiger partial charge < -0.3 is 14.5 Å². The first kappa shape index (κ1) is 22.8.